The largest absolute Gasteiger partial charge is 0.349 e. The molecule has 2 heterocycles. The lowest BCUT2D eigenvalue weighted by Gasteiger charge is -2.15. The molecule has 2 N–H and O–H groups in total. The van der Waals surface area contributed by atoms with Gasteiger partial charge in [0.25, 0.3) is 5.56 Å². The molecule has 0 spiro atoms. The lowest BCUT2D eigenvalue weighted by molar-refractivity contribution is 0.546. The molecule has 0 aliphatic rings. The Morgan fingerprint density at radius 1 is 1.22 bits per heavy atom. The van der Waals surface area contributed by atoms with Crippen molar-refractivity contribution in [1.82, 2.24) is 19.7 Å². The van der Waals surface area contributed by atoms with Gasteiger partial charge in [0.1, 0.15) is 5.39 Å². The number of H-pyrrole nitrogens is 1. The zero-order valence-electron chi connectivity index (χ0n) is 13.2. The van der Waals surface area contributed by atoms with Crippen LogP contribution in [-0.4, -0.2) is 19.7 Å². The first-order chi connectivity index (χ1) is 11.0. The predicted molar refractivity (Wildman–Crippen MR) is 92.0 cm³/mol. The fraction of sp³-hybridized carbons (Fsp3) is 0.312. The van der Waals surface area contributed by atoms with Crippen LogP contribution in [-0.2, 0) is 0 Å². The second kappa shape index (κ2) is 6.04. The summed E-state index contributed by atoms with van der Waals surface area (Å²) in [4.78, 5) is 19.5. The molecule has 1 aromatic carbocycles. The highest BCUT2D eigenvalue weighted by atomic mass is 35.5. The number of anilines is 1. The molecule has 1 unspecified atom stereocenters. The van der Waals surface area contributed by atoms with Crippen LogP contribution in [0, 0.1) is 0 Å². The van der Waals surface area contributed by atoms with E-state index >= 15 is 0 Å². The van der Waals surface area contributed by atoms with E-state index in [1.165, 1.54) is 0 Å². The van der Waals surface area contributed by atoms with Crippen molar-refractivity contribution in [3.8, 4) is 0 Å². The maximum absolute atomic E-state index is 12.2. The lowest BCUT2D eigenvalue weighted by Crippen LogP contribution is -2.16. The molecule has 0 saturated heterocycles. The quantitative estimate of drug-likeness (QED) is 0.767. The van der Waals surface area contributed by atoms with Crippen LogP contribution in [0.15, 0.2) is 35.3 Å². The number of halogens is 1. The Bertz CT molecular complexity index is 882. The summed E-state index contributed by atoms with van der Waals surface area (Å²) in [5.74, 6) is 0.423. The van der Waals surface area contributed by atoms with Crippen molar-refractivity contribution in [2.75, 3.05) is 5.32 Å². The molecule has 6 nitrogen and oxygen atoms in total. The monoisotopic (exact) mass is 331 g/mol. The topological polar surface area (TPSA) is 75.6 Å². The summed E-state index contributed by atoms with van der Waals surface area (Å²) in [6, 6.07) is 7.65. The van der Waals surface area contributed by atoms with Gasteiger partial charge >= 0.3 is 0 Å². The number of fused-ring (bicyclic) bond motifs is 1. The number of benzene rings is 1. The van der Waals surface area contributed by atoms with Gasteiger partial charge in [-0.25, -0.2) is 4.68 Å². The number of hydrogen-bond donors (Lipinski definition) is 2. The standard InChI is InChI=1S/C16H18ClN5O/c1-9(2)22-14-13(8-18-22)15(23)21-16(20-14)19-10(3)11-4-6-12(17)7-5-11/h4-10H,1-3H3,(H2,19,20,21,23). The van der Waals surface area contributed by atoms with Gasteiger partial charge in [-0.2, -0.15) is 10.1 Å². The van der Waals surface area contributed by atoms with Gasteiger partial charge in [0, 0.05) is 11.1 Å². The molecular weight excluding hydrogens is 314 g/mol. The Hall–Kier alpha value is -2.34. The molecule has 0 saturated carbocycles. The van der Waals surface area contributed by atoms with E-state index in [0.29, 0.717) is 22.0 Å². The van der Waals surface area contributed by atoms with Crippen molar-refractivity contribution < 1.29 is 0 Å². The molecule has 120 valence electrons. The smallest absolute Gasteiger partial charge is 0.263 e. The SMILES string of the molecule is CC(Nc1nc2c(cnn2C(C)C)c(=O)[nH]1)c1ccc(Cl)cc1. The van der Waals surface area contributed by atoms with E-state index in [1.807, 2.05) is 45.0 Å². The van der Waals surface area contributed by atoms with Crippen LogP contribution >= 0.6 is 11.6 Å². The number of rotatable bonds is 4. The normalized spacial score (nSPS) is 12.7. The first-order valence-corrected chi connectivity index (χ1v) is 7.83. The van der Waals surface area contributed by atoms with E-state index < -0.39 is 0 Å². The van der Waals surface area contributed by atoms with Crippen molar-refractivity contribution in [2.45, 2.75) is 32.9 Å². The molecule has 0 amide bonds. The van der Waals surface area contributed by atoms with Crippen LogP contribution < -0.4 is 10.9 Å². The highest BCUT2D eigenvalue weighted by molar-refractivity contribution is 6.30. The molecule has 3 rings (SSSR count). The summed E-state index contributed by atoms with van der Waals surface area (Å²) in [6.07, 6.45) is 1.55. The molecule has 0 aliphatic carbocycles. The molecule has 0 bridgehead atoms. The van der Waals surface area contributed by atoms with Crippen molar-refractivity contribution in [2.24, 2.45) is 0 Å². The first-order valence-electron chi connectivity index (χ1n) is 7.45. The van der Waals surface area contributed by atoms with Gasteiger partial charge in [0.2, 0.25) is 5.95 Å². The third kappa shape index (κ3) is 3.07. The van der Waals surface area contributed by atoms with Crippen molar-refractivity contribution in [3.63, 3.8) is 0 Å². The van der Waals surface area contributed by atoms with Gasteiger partial charge in [0.05, 0.1) is 12.2 Å². The molecule has 0 fully saturated rings. The van der Waals surface area contributed by atoms with E-state index in [2.05, 4.69) is 20.4 Å². The number of aromatic nitrogens is 4. The average molecular weight is 332 g/mol. The van der Waals surface area contributed by atoms with E-state index in [1.54, 1.807) is 10.9 Å². The first kappa shape index (κ1) is 15.6. The van der Waals surface area contributed by atoms with Crippen LogP contribution in [0.2, 0.25) is 5.02 Å². The van der Waals surface area contributed by atoms with Crippen LogP contribution in [0.1, 0.15) is 38.4 Å². The minimum Gasteiger partial charge on any atom is -0.349 e. The zero-order valence-corrected chi connectivity index (χ0v) is 13.9. The summed E-state index contributed by atoms with van der Waals surface area (Å²) < 4.78 is 1.74. The van der Waals surface area contributed by atoms with E-state index in [0.717, 1.165) is 5.56 Å². The summed E-state index contributed by atoms with van der Waals surface area (Å²) >= 11 is 5.91. The Morgan fingerprint density at radius 3 is 2.57 bits per heavy atom. The molecule has 0 radical (unpaired) electrons. The van der Waals surface area contributed by atoms with Gasteiger partial charge in [-0.1, -0.05) is 23.7 Å². The number of hydrogen-bond acceptors (Lipinski definition) is 4. The van der Waals surface area contributed by atoms with Crippen LogP contribution in [0.25, 0.3) is 11.0 Å². The van der Waals surface area contributed by atoms with Crippen molar-refractivity contribution in [1.29, 1.82) is 0 Å². The minimum atomic E-state index is -0.201. The highest BCUT2D eigenvalue weighted by Crippen LogP contribution is 2.20. The predicted octanol–water partition coefficient (Wildman–Crippen LogP) is 3.53. The van der Waals surface area contributed by atoms with Crippen molar-refractivity contribution >= 4 is 28.6 Å². The third-order valence-electron chi connectivity index (χ3n) is 3.68. The van der Waals surface area contributed by atoms with Crippen LogP contribution in [0.5, 0.6) is 0 Å². The van der Waals surface area contributed by atoms with Gasteiger partial charge in [-0.3, -0.25) is 9.78 Å². The minimum absolute atomic E-state index is 0.0247. The molecule has 0 aliphatic heterocycles. The number of nitrogens with zero attached hydrogens (tertiary/aromatic N) is 3. The molecule has 2 aromatic heterocycles. The number of nitrogens with one attached hydrogen (secondary N) is 2. The maximum Gasteiger partial charge on any atom is 0.263 e. The van der Waals surface area contributed by atoms with Gasteiger partial charge < -0.3 is 5.32 Å². The van der Waals surface area contributed by atoms with E-state index in [9.17, 15) is 4.79 Å². The Balaban J connectivity index is 1.95. The lowest BCUT2D eigenvalue weighted by atomic mass is 10.1. The Kier molecular flexibility index (Phi) is 4.09. The molecule has 23 heavy (non-hydrogen) atoms. The van der Waals surface area contributed by atoms with Crippen LogP contribution in [0.3, 0.4) is 0 Å². The average Bonchev–Trinajstić information content (AvgIpc) is 2.92. The second-order valence-corrected chi connectivity index (χ2v) is 6.19. The van der Waals surface area contributed by atoms with Gasteiger partial charge in [-0.05, 0) is 38.5 Å². The van der Waals surface area contributed by atoms with Crippen molar-refractivity contribution in [3.05, 3.63) is 51.4 Å². The Morgan fingerprint density at radius 2 is 1.91 bits per heavy atom. The van der Waals surface area contributed by atoms with Crippen LogP contribution in [0.4, 0.5) is 5.95 Å². The molecule has 7 heteroatoms. The second-order valence-electron chi connectivity index (χ2n) is 5.75. The third-order valence-corrected chi connectivity index (χ3v) is 3.93. The maximum atomic E-state index is 12.2. The summed E-state index contributed by atoms with van der Waals surface area (Å²) in [5, 5.41) is 8.63. The van der Waals surface area contributed by atoms with E-state index in [-0.39, 0.29) is 17.6 Å². The Labute approximate surface area is 138 Å². The molecule has 1 atom stereocenters. The fourth-order valence-corrected chi connectivity index (χ4v) is 2.55. The van der Waals surface area contributed by atoms with Gasteiger partial charge in [-0.15, -0.1) is 0 Å². The summed E-state index contributed by atoms with van der Waals surface area (Å²) in [6.45, 7) is 5.99. The summed E-state index contributed by atoms with van der Waals surface area (Å²) in [7, 11) is 0. The molecular formula is C16H18ClN5O. The van der Waals surface area contributed by atoms with E-state index in [4.69, 9.17) is 11.6 Å². The highest BCUT2D eigenvalue weighted by Gasteiger charge is 2.13. The summed E-state index contributed by atoms with van der Waals surface area (Å²) in [5.41, 5.74) is 1.43. The molecule has 3 aromatic rings. The number of aromatic amines is 1. The fourth-order valence-electron chi connectivity index (χ4n) is 2.42. The zero-order chi connectivity index (χ0) is 16.6. The van der Waals surface area contributed by atoms with Gasteiger partial charge in [0.15, 0.2) is 5.65 Å².